The quantitative estimate of drug-likeness (QED) is 0.888. The molecule has 0 aliphatic carbocycles. The van der Waals surface area contributed by atoms with Crippen molar-refractivity contribution in [2.75, 3.05) is 6.54 Å². The van der Waals surface area contributed by atoms with Crippen molar-refractivity contribution in [3.63, 3.8) is 0 Å². The molecule has 1 atom stereocenters. The van der Waals surface area contributed by atoms with E-state index < -0.39 is 0 Å². The molecule has 0 saturated carbocycles. The normalized spacial score (nSPS) is 11.9. The summed E-state index contributed by atoms with van der Waals surface area (Å²) in [5, 5.41) is 1.02. The van der Waals surface area contributed by atoms with E-state index in [0.29, 0.717) is 23.1 Å². The molecule has 20 heavy (non-hydrogen) atoms. The molecule has 1 rings (SSSR count). The molecule has 1 aromatic carbocycles. The Morgan fingerprint density at radius 1 is 1.25 bits per heavy atom. The van der Waals surface area contributed by atoms with Crippen LogP contribution in [0.4, 0.5) is 0 Å². The minimum absolute atomic E-state index is 0. The van der Waals surface area contributed by atoms with Gasteiger partial charge in [-0.25, -0.2) is 0 Å². The Kier molecular flexibility index (Phi) is 8.52. The average molecular weight is 340 g/mol. The van der Waals surface area contributed by atoms with Crippen LogP contribution in [0, 0.1) is 5.92 Å². The Labute approximate surface area is 136 Å². The minimum Gasteiger partial charge on any atom is -0.336 e. The molecule has 0 aliphatic heterocycles. The van der Waals surface area contributed by atoms with Gasteiger partial charge < -0.3 is 10.6 Å². The number of amides is 1. The number of carbonyl (C=O) groups excluding carboxylic acids is 1. The van der Waals surface area contributed by atoms with Crippen LogP contribution in [-0.4, -0.2) is 23.4 Å². The van der Waals surface area contributed by atoms with E-state index in [2.05, 4.69) is 0 Å². The van der Waals surface area contributed by atoms with E-state index in [1.165, 1.54) is 0 Å². The summed E-state index contributed by atoms with van der Waals surface area (Å²) in [7, 11) is 0. The highest BCUT2D eigenvalue weighted by molar-refractivity contribution is 6.42. The van der Waals surface area contributed by atoms with Crippen LogP contribution in [0.3, 0.4) is 0 Å². The third kappa shape index (κ3) is 5.13. The van der Waals surface area contributed by atoms with Crippen molar-refractivity contribution in [3.05, 3.63) is 33.8 Å². The smallest absolute Gasteiger partial charge is 0.227 e. The van der Waals surface area contributed by atoms with Gasteiger partial charge in [-0.2, -0.15) is 0 Å². The monoisotopic (exact) mass is 338 g/mol. The van der Waals surface area contributed by atoms with Crippen LogP contribution < -0.4 is 5.73 Å². The van der Waals surface area contributed by atoms with Crippen LogP contribution in [0.1, 0.15) is 26.3 Å². The Morgan fingerprint density at radius 3 is 2.30 bits per heavy atom. The van der Waals surface area contributed by atoms with Gasteiger partial charge in [-0.1, -0.05) is 36.2 Å². The SMILES string of the molecule is CC(CN)C(=O)N(Cc1ccc(Cl)c(Cl)c1)C(C)C.Cl. The first-order chi connectivity index (χ1) is 8.86. The summed E-state index contributed by atoms with van der Waals surface area (Å²) in [6, 6.07) is 5.52. The molecule has 0 heterocycles. The molecule has 0 spiro atoms. The molecule has 0 aromatic heterocycles. The Bertz CT molecular complexity index is 452. The number of halogens is 3. The van der Waals surface area contributed by atoms with Crippen molar-refractivity contribution < 1.29 is 4.79 Å². The number of hydrogen-bond donors (Lipinski definition) is 1. The summed E-state index contributed by atoms with van der Waals surface area (Å²) in [6.45, 7) is 6.67. The molecule has 2 N–H and O–H groups in total. The van der Waals surface area contributed by atoms with Gasteiger partial charge in [-0.3, -0.25) is 4.79 Å². The number of carbonyl (C=O) groups is 1. The fourth-order valence-corrected chi connectivity index (χ4v) is 2.05. The van der Waals surface area contributed by atoms with Gasteiger partial charge in [0.1, 0.15) is 0 Å². The summed E-state index contributed by atoms with van der Waals surface area (Å²) in [4.78, 5) is 14.1. The van der Waals surface area contributed by atoms with E-state index in [1.807, 2.05) is 26.8 Å². The molecular formula is C14H21Cl3N2O. The lowest BCUT2D eigenvalue weighted by molar-refractivity contribution is -0.137. The molecule has 0 saturated heterocycles. The molecule has 3 nitrogen and oxygen atoms in total. The predicted octanol–water partition coefficient (Wildman–Crippen LogP) is 3.75. The zero-order chi connectivity index (χ0) is 14.6. The third-order valence-corrected chi connectivity index (χ3v) is 3.76. The van der Waals surface area contributed by atoms with Crippen LogP contribution in [-0.2, 0) is 11.3 Å². The van der Waals surface area contributed by atoms with Crippen molar-refractivity contribution in [2.24, 2.45) is 11.7 Å². The highest BCUT2D eigenvalue weighted by Gasteiger charge is 2.22. The fourth-order valence-electron chi connectivity index (χ4n) is 1.73. The highest BCUT2D eigenvalue weighted by Crippen LogP contribution is 2.24. The second kappa shape index (κ2) is 8.73. The second-order valence-corrected chi connectivity index (χ2v) is 5.76. The first-order valence-electron chi connectivity index (χ1n) is 6.31. The Hall–Kier alpha value is -0.480. The van der Waals surface area contributed by atoms with Crippen LogP contribution in [0.5, 0.6) is 0 Å². The van der Waals surface area contributed by atoms with Crippen molar-refractivity contribution >= 4 is 41.5 Å². The fraction of sp³-hybridized carbons (Fsp3) is 0.500. The largest absolute Gasteiger partial charge is 0.336 e. The number of hydrogen-bond acceptors (Lipinski definition) is 2. The Balaban J connectivity index is 0.00000361. The predicted molar refractivity (Wildman–Crippen MR) is 87.6 cm³/mol. The van der Waals surface area contributed by atoms with E-state index in [-0.39, 0.29) is 30.3 Å². The molecule has 0 fully saturated rings. The van der Waals surface area contributed by atoms with E-state index in [1.54, 1.807) is 17.0 Å². The standard InChI is InChI=1S/C14H20Cl2N2O.ClH/c1-9(2)18(14(19)10(3)7-17)8-11-4-5-12(15)13(16)6-11;/h4-6,9-10H,7-8,17H2,1-3H3;1H. The molecular weight excluding hydrogens is 319 g/mol. The maximum atomic E-state index is 12.3. The van der Waals surface area contributed by atoms with Gasteiger partial charge in [-0.15, -0.1) is 12.4 Å². The highest BCUT2D eigenvalue weighted by atomic mass is 35.5. The molecule has 114 valence electrons. The van der Waals surface area contributed by atoms with Gasteiger partial charge in [0.05, 0.1) is 10.0 Å². The lowest BCUT2D eigenvalue weighted by Crippen LogP contribution is -2.41. The van der Waals surface area contributed by atoms with Gasteiger partial charge >= 0.3 is 0 Å². The molecule has 0 aliphatic rings. The number of rotatable bonds is 5. The first-order valence-corrected chi connectivity index (χ1v) is 7.06. The topological polar surface area (TPSA) is 46.3 Å². The summed E-state index contributed by atoms with van der Waals surface area (Å²) >= 11 is 11.9. The van der Waals surface area contributed by atoms with Crippen molar-refractivity contribution in [1.29, 1.82) is 0 Å². The molecule has 1 unspecified atom stereocenters. The lowest BCUT2D eigenvalue weighted by Gasteiger charge is -2.29. The van der Waals surface area contributed by atoms with Crippen LogP contribution >= 0.6 is 35.6 Å². The molecule has 1 aromatic rings. The van der Waals surface area contributed by atoms with E-state index in [4.69, 9.17) is 28.9 Å². The first kappa shape index (κ1) is 19.5. The zero-order valence-electron chi connectivity index (χ0n) is 11.9. The summed E-state index contributed by atoms with van der Waals surface area (Å²) < 4.78 is 0. The third-order valence-electron chi connectivity index (χ3n) is 3.02. The van der Waals surface area contributed by atoms with E-state index in [0.717, 1.165) is 5.56 Å². The second-order valence-electron chi connectivity index (χ2n) is 4.95. The van der Waals surface area contributed by atoms with E-state index in [9.17, 15) is 4.79 Å². The maximum Gasteiger partial charge on any atom is 0.227 e. The van der Waals surface area contributed by atoms with Crippen molar-refractivity contribution in [1.82, 2.24) is 4.90 Å². The average Bonchev–Trinajstić information content (AvgIpc) is 2.37. The molecule has 0 radical (unpaired) electrons. The van der Waals surface area contributed by atoms with Crippen molar-refractivity contribution in [3.8, 4) is 0 Å². The van der Waals surface area contributed by atoms with Gasteiger partial charge in [-0.05, 0) is 31.5 Å². The maximum absolute atomic E-state index is 12.3. The molecule has 0 bridgehead atoms. The number of nitrogens with zero attached hydrogens (tertiary/aromatic N) is 1. The number of benzene rings is 1. The zero-order valence-corrected chi connectivity index (χ0v) is 14.2. The van der Waals surface area contributed by atoms with Gasteiger partial charge in [0.2, 0.25) is 5.91 Å². The minimum atomic E-state index is -0.176. The summed E-state index contributed by atoms with van der Waals surface area (Å²) in [5.74, 6) is -0.117. The van der Waals surface area contributed by atoms with Crippen LogP contribution in [0.15, 0.2) is 18.2 Å². The molecule has 1 amide bonds. The van der Waals surface area contributed by atoms with E-state index >= 15 is 0 Å². The van der Waals surface area contributed by atoms with Crippen LogP contribution in [0.2, 0.25) is 10.0 Å². The van der Waals surface area contributed by atoms with Crippen LogP contribution in [0.25, 0.3) is 0 Å². The lowest BCUT2D eigenvalue weighted by atomic mass is 10.1. The van der Waals surface area contributed by atoms with Gasteiger partial charge in [0, 0.05) is 25.0 Å². The molecule has 6 heteroatoms. The summed E-state index contributed by atoms with van der Waals surface area (Å²) in [6.07, 6.45) is 0. The Morgan fingerprint density at radius 2 is 1.85 bits per heavy atom. The summed E-state index contributed by atoms with van der Waals surface area (Å²) in [5.41, 5.74) is 6.52. The van der Waals surface area contributed by atoms with Gasteiger partial charge in [0.15, 0.2) is 0 Å². The van der Waals surface area contributed by atoms with Crippen molar-refractivity contribution in [2.45, 2.75) is 33.4 Å². The van der Waals surface area contributed by atoms with Gasteiger partial charge in [0.25, 0.3) is 0 Å². The number of nitrogens with two attached hydrogens (primary N) is 1.